The number of ketones is 1. The Morgan fingerprint density at radius 2 is 2.08 bits per heavy atom. The van der Waals surface area contributed by atoms with E-state index in [-0.39, 0.29) is 5.41 Å². The molecule has 0 bridgehead atoms. The highest BCUT2D eigenvalue weighted by molar-refractivity contribution is 5.91. The zero-order valence-electron chi connectivity index (χ0n) is 16.3. The molecule has 2 saturated carbocycles. The highest BCUT2D eigenvalue weighted by Crippen LogP contribution is 2.64. The summed E-state index contributed by atoms with van der Waals surface area (Å²) in [4.78, 5) is 14.4. The van der Waals surface area contributed by atoms with E-state index in [1.54, 1.807) is 0 Å². The van der Waals surface area contributed by atoms with Crippen LogP contribution in [0, 0.1) is 28.6 Å². The van der Waals surface area contributed by atoms with Gasteiger partial charge in [-0.05, 0) is 62.2 Å². The summed E-state index contributed by atoms with van der Waals surface area (Å²) in [5.74, 6) is 3.33. The normalized spacial score (nSPS) is 46.0. The summed E-state index contributed by atoms with van der Waals surface area (Å²) < 4.78 is 6.06. The van der Waals surface area contributed by atoms with Crippen LogP contribution in [0.1, 0.15) is 59.3 Å². The van der Waals surface area contributed by atoms with Crippen LogP contribution < -0.4 is 0 Å². The first-order valence-corrected chi connectivity index (χ1v) is 10.0. The van der Waals surface area contributed by atoms with Crippen molar-refractivity contribution < 1.29 is 9.53 Å². The molecule has 3 heteroatoms. The number of hydrogen-bond donors (Lipinski definition) is 0. The lowest BCUT2D eigenvalue weighted by Crippen LogP contribution is -2.56. The first-order valence-electron chi connectivity index (χ1n) is 10.0. The molecule has 0 radical (unpaired) electrons. The second kappa shape index (κ2) is 5.62. The molecule has 4 aliphatic rings. The summed E-state index contributed by atoms with van der Waals surface area (Å²) in [5.41, 5.74) is 1.89. The van der Waals surface area contributed by atoms with Gasteiger partial charge in [0.05, 0.1) is 11.9 Å². The zero-order chi connectivity index (χ0) is 18.0. The molecule has 138 valence electrons. The quantitative estimate of drug-likeness (QED) is 0.689. The van der Waals surface area contributed by atoms with Gasteiger partial charge in [0.2, 0.25) is 0 Å². The van der Waals surface area contributed by atoms with Gasteiger partial charge in [-0.15, -0.1) is 0 Å². The minimum Gasteiger partial charge on any atom is -0.496 e. The lowest BCUT2D eigenvalue weighted by atomic mass is 9.50. The van der Waals surface area contributed by atoms with E-state index in [4.69, 9.17) is 4.74 Å². The van der Waals surface area contributed by atoms with Gasteiger partial charge in [-0.2, -0.15) is 0 Å². The molecule has 0 aromatic rings. The Hall–Kier alpha value is -1.25. The zero-order valence-corrected chi connectivity index (χ0v) is 16.3. The monoisotopic (exact) mass is 343 g/mol. The van der Waals surface area contributed by atoms with Crippen molar-refractivity contribution in [2.24, 2.45) is 28.6 Å². The fourth-order valence-corrected chi connectivity index (χ4v) is 6.94. The number of fused-ring (bicyclic) bond motifs is 5. The van der Waals surface area contributed by atoms with Crippen molar-refractivity contribution in [1.82, 2.24) is 4.90 Å². The van der Waals surface area contributed by atoms with Crippen LogP contribution >= 0.6 is 0 Å². The van der Waals surface area contributed by atoms with E-state index in [9.17, 15) is 4.79 Å². The third-order valence-electron chi connectivity index (χ3n) is 8.02. The average molecular weight is 344 g/mol. The lowest BCUT2D eigenvalue weighted by Gasteiger charge is -2.59. The highest BCUT2D eigenvalue weighted by Gasteiger charge is 2.59. The highest BCUT2D eigenvalue weighted by atomic mass is 16.5. The van der Waals surface area contributed by atoms with E-state index < -0.39 is 0 Å². The second-order valence-corrected chi connectivity index (χ2v) is 9.75. The summed E-state index contributed by atoms with van der Waals surface area (Å²) in [7, 11) is 2.20. The molecule has 4 rings (SSSR count). The van der Waals surface area contributed by atoms with Crippen LogP contribution in [0.4, 0.5) is 0 Å². The minimum absolute atomic E-state index is 0.181. The number of nitrogens with zero attached hydrogens (tertiary/aromatic N) is 1. The molecule has 0 aromatic carbocycles. The predicted octanol–water partition coefficient (Wildman–Crippen LogP) is 4.55. The molecule has 6 atom stereocenters. The standard InChI is InChI=1S/C22H33NO2/c1-14(2)25-16-11-19-17-13-23(5)20-10-15(24)6-9-22(20,4)18(17)7-8-21(19,3)12-16/h10,16-19H,1,6-9,11-13H2,2-5H3/t16?,17-,18+,19+,21-,22-/m1/s1. The van der Waals surface area contributed by atoms with Gasteiger partial charge in [0, 0.05) is 37.2 Å². The van der Waals surface area contributed by atoms with Gasteiger partial charge in [-0.3, -0.25) is 4.79 Å². The molecule has 3 nitrogen and oxygen atoms in total. The molecule has 0 amide bonds. The van der Waals surface area contributed by atoms with Gasteiger partial charge in [0.25, 0.3) is 0 Å². The Balaban J connectivity index is 1.65. The number of allylic oxidation sites excluding steroid dienone is 3. The summed E-state index contributed by atoms with van der Waals surface area (Å²) in [6.45, 7) is 11.9. The van der Waals surface area contributed by atoms with Crippen molar-refractivity contribution in [1.29, 1.82) is 0 Å². The Morgan fingerprint density at radius 3 is 2.80 bits per heavy atom. The average Bonchev–Trinajstić information content (AvgIpc) is 2.85. The van der Waals surface area contributed by atoms with E-state index in [0.717, 1.165) is 37.0 Å². The molecule has 1 heterocycles. The van der Waals surface area contributed by atoms with E-state index in [2.05, 4.69) is 32.4 Å². The maximum absolute atomic E-state index is 12.0. The molecule has 1 unspecified atom stereocenters. The van der Waals surface area contributed by atoms with Gasteiger partial charge < -0.3 is 9.64 Å². The third kappa shape index (κ3) is 2.57. The number of carbonyl (C=O) groups is 1. The Bertz CT molecular complexity index is 638. The molecular weight excluding hydrogens is 310 g/mol. The van der Waals surface area contributed by atoms with Crippen LogP contribution in [0.2, 0.25) is 0 Å². The van der Waals surface area contributed by atoms with Gasteiger partial charge in [0.1, 0.15) is 0 Å². The molecule has 3 fully saturated rings. The molecule has 1 aliphatic heterocycles. The largest absolute Gasteiger partial charge is 0.496 e. The van der Waals surface area contributed by atoms with Gasteiger partial charge in [-0.25, -0.2) is 0 Å². The number of piperidine rings is 1. The van der Waals surface area contributed by atoms with Crippen molar-refractivity contribution in [3.8, 4) is 0 Å². The van der Waals surface area contributed by atoms with Gasteiger partial charge in [-0.1, -0.05) is 20.4 Å². The van der Waals surface area contributed by atoms with Crippen LogP contribution in [-0.4, -0.2) is 30.4 Å². The molecule has 0 spiro atoms. The number of hydrogen-bond acceptors (Lipinski definition) is 3. The lowest BCUT2D eigenvalue weighted by molar-refractivity contribution is -0.118. The topological polar surface area (TPSA) is 29.5 Å². The van der Waals surface area contributed by atoms with Crippen LogP contribution in [0.3, 0.4) is 0 Å². The van der Waals surface area contributed by atoms with Crippen molar-refractivity contribution >= 4 is 5.78 Å². The smallest absolute Gasteiger partial charge is 0.157 e. The number of carbonyl (C=O) groups excluding carboxylic acids is 1. The van der Waals surface area contributed by atoms with Crippen LogP contribution in [-0.2, 0) is 9.53 Å². The van der Waals surface area contributed by atoms with E-state index in [0.29, 0.717) is 23.2 Å². The van der Waals surface area contributed by atoms with Crippen LogP contribution in [0.15, 0.2) is 24.1 Å². The van der Waals surface area contributed by atoms with E-state index in [1.807, 2.05) is 13.0 Å². The fraction of sp³-hybridized carbons (Fsp3) is 0.773. The first kappa shape index (κ1) is 17.2. The Kier molecular flexibility index (Phi) is 3.86. The van der Waals surface area contributed by atoms with Crippen molar-refractivity contribution in [2.75, 3.05) is 13.6 Å². The first-order chi connectivity index (χ1) is 11.7. The van der Waals surface area contributed by atoms with Crippen LogP contribution in [0.5, 0.6) is 0 Å². The molecular formula is C22H33NO2. The number of likely N-dealkylation sites (tertiary alicyclic amines) is 1. The maximum atomic E-state index is 12.0. The van der Waals surface area contributed by atoms with Crippen molar-refractivity contribution in [2.45, 2.75) is 65.4 Å². The maximum Gasteiger partial charge on any atom is 0.157 e. The molecule has 0 aromatic heterocycles. The molecule has 25 heavy (non-hydrogen) atoms. The summed E-state index contributed by atoms with van der Waals surface area (Å²) >= 11 is 0. The molecule has 0 N–H and O–H groups in total. The Labute approximate surface area is 152 Å². The fourth-order valence-electron chi connectivity index (χ4n) is 6.94. The van der Waals surface area contributed by atoms with Crippen molar-refractivity contribution in [3.63, 3.8) is 0 Å². The number of rotatable bonds is 2. The van der Waals surface area contributed by atoms with E-state index in [1.165, 1.54) is 31.4 Å². The minimum atomic E-state index is 0.181. The van der Waals surface area contributed by atoms with Gasteiger partial charge in [0.15, 0.2) is 5.78 Å². The third-order valence-corrected chi connectivity index (χ3v) is 8.02. The molecule has 1 saturated heterocycles. The van der Waals surface area contributed by atoms with E-state index >= 15 is 0 Å². The summed E-state index contributed by atoms with van der Waals surface area (Å²) in [6.07, 6.45) is 8.99. The van der Waals surface area contributed by atoms with Gasteiger partial charge >= 0.3 is 0 Å². The molecule has 3 aliphatic carbocycles. The second-order valence-electron chi connectivity index (χ2n) is 9.75. The van der Waals surface area contributed by atoms with Crippen molar-refractivity contribution in [3.05, 3.63) is 24.1 Å². The SMILES string of the molecule is C=C(C)OC1C[C@H]2[C@@H]3CN(C)C4=CC(=O)CC[C@]4(C)[C@H]3CC[C@]2(C)C1. The summed E-state index contributed by atoms with van der Waals surface area (Å²) in [5, 5.41) is 0. The predicted molar refractivity (Wildman–Crippen MR) is 99.8 cm³/mol. The number of ether oxygens (including phenoxy) is 1. The Morgan fingerprint density at radius 1 is 1.32 bits per heavy atom. The summed E-state index contributed by atoms with van der Waals surface area (Å²) in [6, 6.07) is 0. The van der Waals surface area contributed by atoms with Crippen LogP contribution in [0.25, 0.3) is 0 Å².